The Labute approximate surface area is 192 Å². The van der Waals surface area contributed by atoms with E-state index in [0.29, 0.717) is 12.2 Å². The van der Waals surface area contributed by atoms with E-state index < -0.39 is 38.7 Å². The highest BCUT2D eigenvalue weighted by Gasteiger charge is 2.49. The van der Waals surface area contributed by atoms with Crippen molar-refractivity contribution in [2.24, 2.45) is 0 Å². The van der Waals surface area contributed by atoms with Gasteiger partial charge in [0.15, 0.2) is 0 Å². The van der Waals surface area contributed by atoms with Crippen LogP contribution in [0.5, 0.6) is 5.75 Å². The van der Waals surface area contributed by atoms with Crippen molar-refractivity contribution in [2.45, 2.75) is 49.8 Å². The number of alkyl carbamates (subject to hydrolysis) is 1. The number of amides is 1. The van der Waals surface area contributed by atoms with E-state index in [9.17, 15) is 23.3 Å². The second kappa shape index (κ2) is 9.36. The number of nitrogens with one attached hydrogen (secondary N) is 1. The Bertz CT molecular complexity index is 1110. The van der Waals surface area contributed by atoms with Gasteiger partial charge in [0.1, 0.15) is 11.4 Å². The van der Waals surface area contributed by atoms with E-state index in [1.54, 1.807) is 40.0 Å². The van der Waals surface area contributed by atoms with E-state index in [1.165, 1.54) is 16.4 Å². The first-order valence-electron chi connectivity index (χ1n) is 10.3. The summed E-state index contributed by atoms with van der Waals surface area (Å²) >= 11 is 0. The number of sulfonamides is 1. The molecule has 0 aliphatic carbocycles. The van der Waals surface area contributed by atoms with Crippen LogP contribution in [0.4, 0.5) is 10.5 Å². The fourth-order valence-corrected chi connectivity index (χ4v) is 4.98. The molecule has 10 nitrogen and oxygen atoms in total. The molecule has 1 saturated heterocycles. The van der Waals surface area contributed by atoms with Gasteiger partial charge < -0.3 is 14.8 Å². The molecule has 1 unspecified atom stereocenters. The lowest BCUT2D eigenvalue weighted by Gasteiger charge is -2.24. The van der Waals surface area contributed by atoms with E-state index in [1.807, 2.05) is 12.1 Å². The topological polar surface area (TPSA) is 128 Å². The molecule has 1 aliphatic rings. The number of methoxy groups -OCH3 is 1. The van der Waals surface area contributed by atoms with Gasteiger partial charge in [0.05, 0.1) is 29.0 Å². The predicted molar refractivity (Wildman–Crippen MR) is 121 cm³/mol. The third kappa shape index (κ3) is 6.20. The van der Waals surface area contributed by atoms with Gasteiger partial charge in [0.2, 0.25) is 10.0 Å². The molecule has 0 spiro atoms. The minimum Gasteiger partial charge on any atom is -0.497 e. The number of nitro benzene ring substituents is 1. The highest BCUT2D eigenvalue weighted by atomic mass is 32.2. The maximum Gasteiger partial charge on any atom is 0.407 e. The number of hydrogen-bond acceptors (Lipinski definition) is 7. The van der Waals surface area contributed by atoms with Gasteiger partial charge >= 0.3 is 6.09 Å². The third-order valence-corrected chi connectivity index (χ3v) is 6.94. The lowest BCUT2D eigenvalue weighted by Crippen LogP contribution is -2.44. The van der Waals surface area contributed by atoms with Crippen molar-refractivity contribution in [2.75, 3.05) is 13.7 Å². The van der Waals surface area contributed by atoms with Gasteiger partial charge in [0.25, 0.3) is 5.69 Å². The molecule has 1 N–H and O–H groups in total. The molecule has 0 bridgehead atoms. The van der Waals surface area contributed by atoms with Crippen molar-refractivity contribution in [3.05, 3.63) is 64.2 Å². The standard InChI is InChI=1S/C22H27N3O7S/c1-22(2,3)32-21(26)23-19(13-15-5-9-17(31-4)10-6-15)20-14-24(20)33(29,30)18-11-7-16(8-12-18)25(27)28/h5-12,19-20H,13-14H2,1-4H3,(H,23,26)/t19-,20-,24?/m0/s1. The van der Waals surface area contributed by atoms with Crippen molar-refractivity contribution < 1.29 is 27.6 Å². The summed E-state index contributed by atoms with van der Waals surface area (Å²) in [6, 6.07) is 11.0. The molecule has 0 radical (unpaired) electrons. The fraction of sp³-hybridized carbons (Fsp3) is 0.409. The maximum atomic E-state index is 13.0. The average molecular weight is 478 g/mol. The first-order chi connectivity index (χ1) is 15.4. The minimum absolute atomic E-state index is 0.0453. The van der Waals surface area contributed by atoms with Gasteiger partial charge in [-0.25, -0.2) is 13.2 Å². The lowest BCUT2D eigenvalue weighted by atomic mass is 10.0. The van der Waals surface area contributed by atoms with Crippen LogP contribution in [0.25, 0.3) is 0 Å². The molecule has 33 heavy (non-hydrogen) atoms. The minimum atomic E-state index is -3.88. The summed E-state index contributed by atoms with van der Waals surface area (Å²) in [4.78, 5) is 22.6. The van der Waals surface area contributed by atoms with E-state index in [-0.39, 0.29) is 17.1 Å². The quantitative estimate of drug-likeness (QED) is 0.351. The Morgan fingerprint density at radius 2 is 1.79 bits per heavy atom. The maximum absolute atomic E-state index is 13.0. The van der Waals surface area contributed by atoms with E-state index in [0.717, 1.165) is 17.7 Å². The highest BCUT2D eigenvalue weighted by Crippen LogP contribution is 2.32. The number of non-ortho nitro benzene ring substituents is 1. The molecule has 0 aromatic heterocycles. The lowest BCUT2D eigenvalue weighted by molar-refractivity contribution is -0.384. The normalized spacial score (nSPS) is 18.8. The smallest absolute Gasteiger partial charge is 0.407 e. The zero-order valence-electron chi connectivity index (χ0n) is 18.8. The SMILES string of the molecule is COc1ccc(C[C@H](NC(=O)OC(C)(C)C)[C@@H]2CN2S(=O)(=O)c2ccc([N+](=O)[O-])cc2)cc1. The first kappa shape index (κ1) is 24.5. The van der Waals surface area contributed by atoms with Crippen LogP contribution >= 0.6 is 0 Å². The molecule has 1 amide bonds. The van der Waals surface area contributed by atoms with Crippen molar-refractivity contribution in [3.8, 4) is 5.75 Å². The molecule has 11 heteroatoms. The van der Waals surface area contributed by atoms with Crippen LogP contribution in [0.15, 0.2) is 53.4 Å². The van der Waals surface area contributed by atoms with Crippen molar-refractivity contribution in [1.82, 2.24) is 9.62 Å². The molecule has 1 aliphatic heterocycles. The average Bonchev–Trinajstić information content (AvgIpc) is 3.54. The van der Waals surface area contributed by atoms with Crippen LogP contribution in [0, 0.1) is 10.1 Å². The van der Waals surface area contributed by atoms with Crippen molar-refractivity contribution >= 4 is 21.8 Å². The van der Waals surface area contributed by atoms with Crippen molar-refractivity contribution in [1.29, 1.82) is 0 Å². The zero-order chi connectivity index (χ0) is 24.4. The monoisotopic (exact) mass is 477 g/mol. The van der Waals surface area contributed by atoms with Crippen LogP contribution < -0.4 is 10.1 Å². The van der Waals surface area contributed by atoms with Gasteiger partial charge in [-0.15, -0.1) is 0 Å². The van der Waals surface area contributed by atoms with Crippen LogP contribution in [-0.2, 0) is 21.2 Å². The predicted octanol–water partition coefficient (Wildman–Crippen LogP) is 3.11. The Morgan fingerprint density at radius 1 is 1.18 bits per heavy atom. The number of ether oxygens (including phenoxy) is 2. The number of benzene rings is 2. The van der Waals surface area contributed by atoms with Gasteiger partial charge in [-0.1, -0.05) is 12.1 Å². The van der Waals surface area contributed by atoms with Gasteiger partial charge in [-0.3, -0.25) is 10.1 Å². The summed E-state index contributed by atoms with van der Waals surface area (Å²) in [6.07, 6.45) is -0.263. The number of rotatable bonds is 8. The van der Waals surface area contributed by atoms with Crippen molar-refractivity contribution in [3.63, 3.8) is 0 Å². The Hall–Kier alpha value is -3.18. The summed E-state index contributed by atoms with van der Waals surface area (Å²) in [5.74, 6) is 0.684. The second-order valence-electron chi connectivity index (χ2n) is 8.70. The molecule has 3 atom stereocenters. The summed E-state index contributed by atoms with van der Waals surface area (Å²) < 4.78 is 37.9. The number of nitrogens with zero attached hydrogens (tertiary/aromatic N) is 2. The van der Waals surface area contributed by atoms with Gasteiger partial charge in [-0.05, 0) is 57.0 Å². The first-order valence-corrected chi connectivity index (χ1v) is 11.7. The number of hydrogen-bond donors (Lipinski definition) is 1. The largest absolute Gasteiger partial charge is 0.497 e. The Balaban J connectivity index is 1.79. The van der Waals surface area contributed by atoms with Crippen LogP contribution in [0.1, 0.15) is 26.3 Å². The molecule has 1 fully saturated rings. The number of nitro groups is 1. The molecule has 0 saturated carbocycles. The van der Waals surface area contributed by atoms with E-state index in [2.05, 4.69) is 5.32 Å². The Morgan fingerprint density at radius 3 is 2.30 bits per heavy atom. The van der Waals surface area contributed by atoms with E-state index in [4.69, 9.17) is 9.47 Å². The highest BCUT2D eigenvalue weighted by molar-refractivity contribution is 7.89. The van der Waals surface area contributed by atoms with Crippen LogP contribution in [0.3, 0.4) is 0 Å². The summed E-state index contributed by atoms with van der Waals surface area (Å²) in [6.45, 7) is 5.44. The zero-order valence-corrected chi connectivity index (χ0v) is 19.7. The summed E-state index contributed by atoms with van der Waals surface area (Å²) in [7, 11) is -2.32. The molecule has 1 heterocycles. The third-order valence-electron chi connectivity index (χ3n) is 5.04. The molecular formula is C22H27N3O7S. The number of carbonyl (C=O) groups excluding carboxylic acids is 1. The van der Waals surface area contributed by atoms with Crippen LogP contribution in [-0.4, -0.2) is 55.1 Å². The molecule has 2 aromatic carbocycles. The molecule has 2 aromatic rings. The summed E-state index contributed by atoms with van der Waals surface area (Å²) in [5.41, 5.74) is -0.0141. The van der Waals surface area contributed by atoms with E-state index >= 15 is 0 Å². The molecule has 178 valence electrons. The fourth-order valence-electron chi connectivity index (χ4n) is 3.37. The van der Waals surface area contributed by atoms with Crippen LogP contribution in [0.2, 0.25) is 0 Å². The second-order valence-corrected chi connectivity index (χ2v) is 10.6. The van der Waals surface area contributed by atoms with Gasteiger partial charge in [-0.2, -0.15) is 4.31 Å². The summed E-state index contributed by atoms with van der Waals surface area (Å²) in [5, 5.41) is 13.7. The molecule has 3 rings (SSSR count). The Kier molecular flexibility index (Phi) is 6.94. The van der Waals surface area contributed by atoms with Gasteiger partial charge in [0, 0.05) is 18.7 Å². The molecular weight excluding hydrogens is 450 g/mol. The number of carbonyl (C=O) groups is 1.